The number of benzene rings is 1. The number of halogens is 1. The lowest BCUT2D eigenvalue weighted by molar-refractivity contribution is 0.576. The SMILES string of the molecule is CC(N)Cc1cc2ccc(Cl)cc2n1C(C)C. The lowest BCUT2D eigenvalue weighted by Crippen LogP contribution is -2.20. The first-order chi connectivity index (χ1) is 7.99. The van der Waals surface area contributed by atoms with Gasteiger partial charge in [-0.25, -0.2) is 0 Å². The highest BCUT2D eigenvalue weighted by Crippen LogP contribution is 2.27. The molecule has 0 spiro atoms. The Labute approximate surface area is 107 Å². The summed E-state index contributed by atoms with van der Waals surface area (Å²) in [5.41, 5.74) is 8.39. The summed E-state index contributed by atoms with van der Waals surface area (Å²) in [6.45, 7) is 6.41. The van der Waals surface area contributed by atoms with Gasteiger partial charge in [0.15, 0.2) is 0 Å². The average molecular weight is 251 g/mol. The number of aromatic nitrogens is 1. The first-order valence-electron chi connectivity index (χ1n) is 6.04. The summed E-state index contributed by atoms with van der Waals surface area (Å²) < 4.78 is 2.32. The maximum Gasteiger partial charge on any atom is 0.0499 e. The number of fused-ring (bicyclic) bond motifs is 1. The van der Waals surface area contributed by atoms with Crippen molar-refractivity contribution in [3.05, 3.63) is 35.0 Å². The minimum Gasteiger partial charge on any atom is -0.342 e. The van der Waals surface area contributed by atoms with Crippen molar-refractivity contribution in [2.24, 2.45) is 5.73 Å². The van der Waals surface area contributed by atoms with Gasteiger partial charge in [0.2, 0.25) is 0 Å². The molecule has 2 rings (SSSR count). The van der Waals surface area contributed by atoms with Gasteiger partial charge in [0.05, 0.1) is 0 Å². The smallest absolute Gasteiger partial charge is 0.0499 e. The summed E-state index contributed by atoms with van der Waals surface area (Å²) >= 11 is 6.07. The molecule has 2 N–H and O–H groups in total. The quantitative estimate of drug-likeness (QED) is 0.884. The molecule has 1 atom stereocenters. The van der Waals surface area contributed by atoms with Crippen LogP contribution in [0.25, 0.3) is 10.9 Å². The van der Waals surface area contributed by atoms with Crippen molar-refractivity contribution >= 4 is 22.5 Å². The number of nitrogens with zero attached hydrogens (tertiary/aromatic N) is 1. The van der Waals surface area contributed by atoms with Gasteiger partial charge in [-0.15, -0.1) is 0 Å². The fraction of sp³-hybridized carbons (Fsp3) is 0.429. The van der Waals surface area contributed by atoms with Crippen molar-refractivity contribution in [2.45, 2.75) is 39.3 Å². The molecule has 0 aliphatic rings. The van der Waals surface area contributed by atoms with Gasteiger partial charge in [-0.2, -0.15) is 0 Å². The summed E-state index contributed by atoms with van der Waals surface area (Å²) in [6, 6.07) is 8.84. The van der Waals surface area contributed by atoms with E-state index in [1.54, 1.807) is 0 Å². The molecule has 17 heavy (non-hydrogen) atoms. The van der Waals surface area contributed by atoms with Crippen LogP contribution in [0.2, 0.25) is 5.02 Å². The molecule has 0 saturated heterocycles. The Morgan fingerprint density at radius 1 is 1.24 bits per heavy atom. The van der Waals surface area contributed by atoms with Crippen molar-refractivity contribution in [3.63, 3.8) is 0 Å². The fourth-order valence-corrected chi connectivity index (χ4v) is 2.51. The molecule has 2 nitrogen and oxygen atoms in total. The molecule has 0 amide bonds. The molecule has 1 heterocycles. The molecule has 0 aliphatic carbocycles. The molecule has 0 radical (unpaired) electrons. The zero-order valence-corrected chi connectivity index (χ0v) is 11.3. The van der Waals surface area contributed by atoms with Gasteiger partial charge in [-0.05, 0) is 44.4 Å². The molecule has 0 saturated carbocycles. The predicted octanol–water partition coefficient (Wildman–Crippen LogP) is 3.77. The molecule has 3 heteroatoms. The highest BCUT2D eigenvalue weighted by atomic mass is 35.5. The lowest BCUT2D eigenvalue weighted by Gasteiger charge is -2.16. The number of hydrogen-bond acceptors (Lipinski definition) is 1. The van der Waals surface area contributed by atoms with Crippen LogP contribution < -0.4 is 5.73 Å². The molecule has 92 valence electrons. The Hall–Kier alpha value is -0.990. The Morgan fingerprint density at radius 3 is 2.53 bits per heavy atom. The number of hydrogen-bond donors (Lipinski definition) is 1. The third-order valence-corrected chi connectivity index (χ3v) is 3.17. The molecule has 1 aromatic heterocycles. The van der Waals surface area contributed by atoms with Gasteiger partial charge in [0.1, 0.15) is 0 Å². The van der Waals surface area contributed by atoms with E-state index in [1.807, 2.05) is 19.1 Å². The van der Waals surface area contributed by atoms with Crippen LogP contribution in [-0.2, 0) is 6.42 Å². The third-order valence-electron chi connectivity index (χ3n) is 2.93. The third kappa shape index (κ3) is 2.48. The van der Waals surface area contributed by atoms with Crippen LogP contribution in [0.4, 0.5) is 0 Å². The van der Waals surface area contributed by atoms with Crippen molar-refractivity contribution in [3.8, 4) is 0 Å². The van der Waals surface area contributed by atoms with Crippen LogP contribution in [0.15, 0.2) is 24.3 Å². The second kappa shape index (κ2) is 4.71. The van der Waals surface area contributed by atoms with Crippen molar-refractivity contribution in [1.82, 2.24) is 4.57 Å². The highest BCUT2D eigenvalue weighted by molar-refractivity contribution is 6.31. The van der Waals surface area contributed by atoms with Gasteiger partial charge in [-0.3, -0.25) is 0 Å². The summed E-state index contributed by atoms with van der Waals surface area (Å²) in [7, 11) is 0. The lowest BCUT2D eigenvalue weighted by atomic mass is 10.2. The molecule has 1 aromatic carbocycles. The van der Waals surface area contributed by atoms with Gasteiger partial charge < -0.3 is 10.3 Å². The van der Waals surface area contributed by atoms with Gasteiger partial charge in [0.25, 0.3) is 0 Å². The first kappa shape index (κ1) is 12.5. The van der Waals surface area contributed by atoms with Crippen LogP contribution in [0.3, 0.4) is 0 Å². The zero-order chi connectivity index (χ0) is 12.6. The van der Waals surface area contributed by atoms with E-state index in [9.17, 15) is 0 Å². The Kier molecular flexibility index (Phi) is 3.45. The summed E-state index contributed by atoms with van der Waals surface area (Å²) in [5, 5.41) is 2.02. The minimum atomic E-state index is 0.173. The molecule has 1 unspecified atom stereocenters. The first-order valence-corrected chi connectivity index (χ1v) is 6.41. The summed E-state index contributed by atoms with van der Waals surface area (Å²) in [4.78, 5) is 0. The van der Waals surface area contributed by atoms with E-state index in [0.717, 1.165) is 11.4 Å². The molecule has 0 bridgehead atoms. The second-order valence-electron chi connectivity index (χ2n) is 4.98. The molecular weight excluding hydrogens is 232 g/mol. The Bertz CT molecular complexity index is 526. The van der Waals surface area contributed by atoms with E-state index in [4.69, 9.17) is 17.3 Å². The van der Waals surface area contributed by atoms with Gasteiger partial charge in [-0.1, -0.05) is 17.7 Å². The largest absolute Gasteiger partial charge is 0.342 e. The number of nitrogens with two attached hydrogens (primary N) is 1. The number of rotatable bonds is 3. The van der Waals surface area contributed by atoms with Crippen LogP contribution in [0.1, 0.15) is 32.5 Å². The summed E-state index contributed by atoms with van der Waals surface area (Å²) in [6.07, 6.45) is 0.893. The molecule has 2 aromatic rings. The van der Waals surface area contributed by atoms with E-state index >= 15 is 0 Å². The van der Waals surface area contributed by atoms with E-state index in [0.29, 0.717) is 6.04 Å². The van der Waals surface area contributed by atoms with Gasteiger partial charge >= 0.3 is 0 Å². The maximum atomic E-state index is 6.07. The molecule has 0 aliphatic heterocycles. The zero-order valence-electron chi connectivity index (χ0n) is 10.6. The monoisotopic (exact) mass is 250 g/mol. The Morgan fingerprint density at radius 2 is 1.94 bits per heavy atom. The van der Waals surface area contributed by atoms with Crippen LogP contribution in [-0.4, -0.2) is 10.6 Å². The van der Waals surface area contributed by atoms with Gasteiger partial charge in [0, 0.05) is 34.7 Å². The second-order valence-corrected chi connectivity index (χ2v) is 5.42. The standard InChI is InChI=1S/C14H19ClN2/c1-9(2)17-13(6-10(3)16)7-11-4-5-12(15)8-14(11)17/h4-5,7-10H,6,16H2,1-3H3. The molecule has 0 fully saturated rings. The van der Waals surface area contributed by atoms with Crippen molar-refractivity contribution in [1.29, 1.82) is 0 Å². The maximum absolute atomic E-state index is 6.07. The van der Waals surface area contributed by atoms with E-state index < -0.39 is 0 Å². The normalized spacial score (nSPS) is 13.5. The van der Waals surface area contributed by atoms with E-state index in [2.05, 4.69) is 30.5 Å². The molecular formula is C14H19ClN2. The topological polar surface area (TPSA) is 30.9 Å². The van der Waals surface area contributed by atoms with Crippen molar-refractivity contribution in [2.75, 3.05) is 0 Å². The van der Waals surface area contributed by atoms with E-state index in [1.165, 1.54) is 16.6 Å². The van der Waals surface area contributed by atoms with Crippen LogP contribution in [0, 0.1) is 0 Å². The predicted molar refractivity (Wildman–Crippen MR) is 74.7 cm³/mol. The van der Waals surface area contributed by atoms with Crippen LogP contribution in [0.5, 0.6) is 0 Å². The Balaban J connectivity index is 2.63. The van der Waals surface area contributed by atoms with Crippen molar-refractivity contribution < 1.29 is 0 Å². The fourth-order valence-electron chi connectivity index (χ4n) is 2.35. The average Bonchev–Trinajstić information content (AvgIpc) is 2.53. The van der Waals surface area contributed by atoms with Crippen LogP contribution >= 0.6 is 11.6 Å². The van der Waals surface area contributed by atoms with E-state index in [-0.39, 0.29) is 6.04 Å². The highest BCUT2D eigenvalue weighted by Gasteiger charge is 2.12. The summed E-state index contributed by atoms with van der Waals surface area (Å²) in [5.74, 6) is 0. The minimum absolute atomic E-state index is 0.173.